The van der Waals surface area contributed by atoms with Gasteiger partial charge in [0.05, 0.1) is 18.4 Å². The van der Waals surface area contributed by atoms with Crippen molar-refractivity contribution < 1.29 is 0 Å². The second kappa shape index (κ2) is 4.72. The predicted molar refractivity (Wildman–Crippen MR) is 70.8 cm³/mol. The van der Waals surface area contributed by atoms with Gasteiger partial charge in [-0.05, 0) is 26.6 Å². The van der Waals surface area contributed by atoms with Crippen LogP contribution in [0.4, 0.5) is 0 Å². The van der Waals surface area contributed by atoms with Crippen LogP contribution in [-0.4, -0.2) is 28.5 Å². The molecule has 0 radical (unpaired) electrons. The van der Waals surface area contributed by atoms with Crippen molar-refractivity contribution in [3.05, 3.63) is 41.9 Å². The maximum absolute atomic E-state index is 4.48. The molecule has 2 rings (SSSR count). The monoisotopic (exact) mass is 229 g/mol. The Kier molecular flexibility index (Phi) is 3.29. The first kappa shape index (κ1) is 11.9. The fourth-order valence-electron chi connectivity index (χ4n) is 1.87. The van der Waals surface area contributed by atoms with Gasteiger partial charge in [-0.3, -0.25) is 0 Å². The Hall–Kier alpha value is -1.61. The summed E-state index contributed by atoms with van der Waals surface area (Å²) >= 11 is 0. The number of imidazole rings is 1. The average molecular weight is 229 g/mol. The minimum Gasteiger partial charge on any atom is -0.330 e. The van der Waals surface area contributed by atoms with E-state index in [4.69, 9.17) is 0 Å². The fraction of sp³-hybridized carbons (Fsp3) is 0.357. The Morgan fingerprint density at radius 2 is 1.82 bits per heavy atom. The third-order valence-corrected chi connectivity index (χ3v) is 2.89. The molecule has 0 aliphatic heterocycles. The van der Waals surface area contributed by atoms with E-state index in [1.807, 2.05) is 6.20 Å². The molecule has 90 valence electrons. The van der Waals surface area contributed by atoms with Crippen molar-refractivity contribution in [3.63, 3.8) is 0 Å². The van der Waals surface area contributed by atoms with E-state index in [0.29, 0.717) is 0 Å². The predicted octanol–water partition coefficient (Wildman–Crippen LogP) is 2.46. The zero-order valence-electron chi connectivity index (χ0n) is 10.9. The van der Waals surface area contributed by atoms with Crippen molar-refractivity contribution in [2.75, 3.05) is 14.1 Å². The van der Waals surface area contributed by atoms with Gasteiger partial charge in [-0.25, -0.2) is 4.98 Å². The molecule has 0 aliphatic rings. The molecule has 0 unspecified atom stereocenters. The molecule has 3 nitrogen and oxygen atoms in total. The standard InChI is InChI=1S/C14H19N3/c1-11-5-7-12(8-6-11)13-9-15-14(17(13)4)10-16(2)3/h5-9H,10H2,1-4H3. The van der Waals surface area contributed by atoms with Crippen LogP contribution in [0.2, 0.25) is 0 Å². The quantitative estimate of drug-likeness (QED) is 0.806. The number of nitrogens with zero attached hydrogens (tertiary/aromatic N) is 3. The van der Waals surface area contributed by atoms with E-state index in [1.165, 1.54) is 16.8 Å². The summed E-state index contributed by atoms with van der Waals surface area (Å²) in [5, 5.41) is 0. The van der Waals surface area contributed by atoms with E-state index in [0.717, 1.165) is 12.4 Å². The highest BCUT2D eigenvalue weighted by Crippen LogP contribution is 2.20. The summed E-state index contributed by atoms with van der Waals surface area (Å²) in [5.41, 5.74) is 3.67. The lowest BCUT2D eigenvalue weighted by molar-refractivity contribution is 0.385. The van der Waals surface area contributed by atoms with Crippen LogP contribution in [0.5, 0.6) is 0 Å². The topological polar surface area (TPSA) is 21.1 Å². The largest absolute Gasteiger partial charge is 0.330 e. The number of hydrogen-bond donors (Lipinski definition) is 0. The lowest BCUT2D eigenvalue weighted by Crippen LogP contribution is -2.14. The SMILES string of the molecule is Cc1ccc(-c2cnc(CN(C)C)n2C)cc1. The Bertz CT molecular complexity index is 495. The van der Waals surface area contributed by atoms with Crippen LogP contribution in [0, 0.1) is 6.92 Å². The molecule has 0 saturated carbocycles. The first-order valence-electron chi connectivity index (χ1n) is 5.80. The van der Waals surface area contributed by atoms with Crippen LogP contribution in [0.25, 0.3) is 11.3 Å². The normalized spacial score (nSPS) is 11.1. The molecule has 0 spiro atoms. The van der Waals surface area contributed by atoms with Crippen LogP contribution < -0.4 is 0 Å². The third-order valence-electron chi connectivity index (χ3n) is 2.89. The van der Waals surface area contributed by atoms with E-state index >= 15 is 0 Å². The molecule has 0 atom stereocenters. The zero-order valence-corrected chi connectivity index (χ0v) is 10.9. The van der Waals surface area contributed by atoms with Crippen LogP contribution in [0.1, 0.15) is 11.4 Å². The van der Waals surface area contributed by atoms with Gasteiger partial charge in [-0.2, -0.15) is 0 Å². The van der Waals surface area contributed by atoms with Crippen molar-refractivity contribution in [2.45, 2.75) is 13.5 Å². The lowest BCUT2D eigenvalue weighted by Gasteiger charge is -2.10. The number of benzene rings is 1. The first-order valence-corrected chi connectivity index (χ1v) is 5.80. The van der Waals surface area contributed by atoms with Crippen LogP contribution in [0.3, 0.4) is 0 Å². The summed E-state index contributed by atoms with van der Waals surface area (Å²) in [6.07, 6.45) is 1.95. The Balaban J connectivity index is 2.33. The summed E-state index contributed by atoms with van der Waals surface area (Å²) in [7, 11) is 6.18. The minimum atomic E-state index is 0.863. The zero-order chi connectivity index (χ0) is 12.4. The molecule has 1 aromatic heterocycles. The Morgan fingerprint density at radius 3 is 2.41 bits per heavy atom. The highest BCUT2D eigenvalue weighted by atomic mass is 15.1. The van der Waals surface area contributed by atoms with Gasteiger partial charge in [0.2, 0.25) is 0 Å². The third kappa shape index (κ3) is 2.56. The van der Waals surface area contributed by atoms with E-state index < -0.39 is 0 Å². The van der Waals surface area contributed by atoms with Gasteiger partial charge in [-0.1, -0.05) is 29.8 Å². The van der Waals surface area contributed by atoms with E-state index in [1.54, 1.807) is 0 Å². The molecule has 0 bridgehead atoms. The number of hydrogen-bond acceptors (Lipinski definition) is 2. The first-order chi connectivity index (χ1) is 8.08. The van der Waals surface area contributed by atoms with Crippen LogP contribution >= 0.6 is 0 Å². The van der Waals surface area contributed by atoms with Crippen LogP contribution in [0.15, 0.2) is 30.5 Å². The lowest BCUT2D eigenvalue weighted by atomic mass is 10.1. The van der Waals surface area contributed by atoms with Crippen LogP contribution in [-0.2, 0) is 13.6 Å². The summed E-state index contributed by atoms with van der Waals surface area (Å²) in [6.45, 7) is 2.97. The minimum absolute atomic E-state index is 0.863. The molecule has 0 saturated heterocycles. The second-order valence-electron chi connectivity index (χ2n) is 4.72. The highest BCUT2D eigenvalue weighted by Gasteiger charge is 2.08. The fourth-order valence-corrected chi connectivity index (χ4v) is 1.87. The molecule has 0 aliphatic carbocycles. The molecule has 17 heavy (non-hydrogen) atoms. The molecule has 0 N–H and O–H groups in total. The molecule has 0 amide bonds. The summed E-state index contributed by atoms with van der Waals surface area (Å²) in [6, 6.07) is 8.56. The van der Waals surface area contributed by atoms with Crippen molar-refractivity contribution in [1.82, 2.24) is 14.5 Å². The van der Waals surface area contributed by atoms with Gasteiger partial charge in [0.25, 0.3) is 0 Å². The molecule has 1 heterocycles. The van der Waals surface area contributed by atoms with Gasteiger partial charge in [0.15, 0.2) is 0 Å². The van der Waals surface area contributed by atoms with Gasteiger partial charge in [0.1, 0.15) is 5.82 Å². The Morgan fingerprint density at radius 1 is 1.18 bits per heavy atom. The highest BCUT2D eigenvalue weighted by molar-refractivity contribution is 5.59. The van der Waals surface area contributed by atoms with Crippen molar-refractivity contribution >= 4 is 0 Å². The maximum atomic E-state index is 4.48. The number of rotatable bonds is 3. The number of aryl methyl sites for hydroxylation is 1. The van der Waals surface area contributed by atoms with E-state index in [9.17, 15) is 0 Å². The summed E-state index contributed by atoms with van der Waals surface area (Å²) < 4.78 is 2.16. The maximum Gasteiger partial charge on any atom is 0.123 e. The van der Waals surface area contributed by atoms with E-state index in [2.05, 4.69) is 66.8 Å². The van der Waals surface area contributed by atoms with Crippen molar-refractivity contribution in [2.24, 2.45) is 7.05 Å². The van der Waals surface area contributed by atoms with Gasteiger partial charge in [-0.15, -0.1) is 0 Å². The molecule has 3 heteroatoms. The summed E-state index contributed by atoms with van der Waals surface area (Å²) in [4.78, 5) is 6.60. The van der Waals surface area contributed by atoms with Gasteiger partial charge in [0, 0.05) is 7.05 Å². The smallest absolute Gasteiger partial charge is 0.123 e. The van der Waals surface area contributed by atoms with Gasteiger partial charge >= 0.3 is 0 Å². The molecule has 1 aromatic carbocycles. The summed E-state index contributed by atoms with van der Waals surface area (Å²) in [5.74, 6) is 1.09. The molecule has 2 aromatic rings. The molecule has 0 fully saturated rings. The van der Waals surface area contributed by atoms with E-state index in [-0.39, 0.29) is 0 Å². The second-order valence-corrected chi connectivity index (χ2v) is 4.72. The number of aromatic nitrogens is 2. The van der Waals surface area contributed by atoms with Gasteiger partial charge < -0.3 is 9.47 Å². The van der Waals surface area contributed by atoms with Crippen molar-refractivity contribution in [3.8, 4) is 11.3 Å². The van der Waals surface area contributed by atoms with Crippen molar-refractivity contribution in [1.29, 1.82) is 0 Å². The molecular weight excluding hydrogens is 210 g/mol. The average Bonchev–Trinajstić information content (AvgIpc) is 2.61. The molecular formula is C14H19N3. The Labute approximate surface area is 103 Å².